The summed E-state index contributed by atoms with van der Waals surface area (Å²) in [5.74, 6) is -0.492. The minimum absolute atomic E-state index is 0.0737. The first-order chi connectivity index (χ1) is 6.72. The monoisotopic (exact) mass is 198 g/mol. The Labute approximate surface area is 80.8 Å². The molecule has 0 spiro atoms. The molecular formula is C8H11FN4O. The molecule has 1 rings (SSSR count). The molecule has 0 radical (unpaired) electrons. The van der Waals surface area contributed by atoms with Crippen molar-refractivity contribution in [2.24, 2.45) is 0 Å². The third-order valence-electron chi connectivity index (χ3n) is 1.44. The maximum absolute atomic E-state index is 12.5. The number of nitrogens with zero attached hydrogens (tertiary/aromatic N) is 2. The van der Waals surface area contributed by atoms with Crippen molar-refractivity contribution < 1.29 is 9.18 Å². The van der Waals surface area contributed by atoms with Gasteiger partial charge in [-0.05, 0) is 6.92 Å². The van der Waals surface area contributed by atoms with Gasteiger partial charge in [0.2, 0.25) is 11.9 Å². The van der Waals surface area contributed by atoms with E-state index in [0.717, 1.165) is 12.4 Å². The number of anilines is 1. The summed E-state index contributed by atoms with van der Waals surface area (Å²) in [5.41, 5.74) is 0. The van der Waals surface area contributed by atoms with Gasteiger partial charge in [0.1, 0.15) is 12.1 Å². The fourth-order valence-corrected chi connectivity index (χ4v) is 0.861. The van der Waals surface area contributed by atoms with E-state index >= 15 is 0 Å². The van der Waals surface area contributed by atoms with Gasteiger partial charge in [0.05, 0.1) is 6.54 Å². The van der Waals surface area contributed by atoms with Crippen LogP contribution in [0, 0.1) is 5.95 Å². The Morgan fingerprint density at radius 1 is 1.57 bits per heavy atom. The van der Waals surface area contributed by atoms with Crippen LogP contribution in [0.1, 0.15) is 6.92 Å². The Morgan fingerprint density at radius 2 is 2.36 bits per heavy atom. The second kappa shape index (κ2) is 5.11. The molecule has 0 fully saturated rings. The Kier molecular flexibility index (Phi) is 3.78. The summed E-state index contributed by atoms with van der Waals surface area (Å²) in [6.45, 7) is 2.46. The van der Waals surface area contributed by atoms with Crippen molar-refractivity contribution in [2.45, 2.75) is 6.92 Å². The van der Waals surface area contributed by atoms with Gasteiger partial charge in [-0.1, -0.05) is 0 Å². The Balaban J connectivity index is 2.41. The molecule has 1 amide bonds. The average molecular weight is 198 g/mol. The fraction of sp³-hybridized carbons (Fsp3) is 0.375. The van der Waals surface area contributed by atoms with E-state index in [2.05, 4.69) is 20.6 Å². The molecule has 0 saturated carbocycles. The van der Waals surface area contributed by atoms with Crippen LogP contribution in [0.4, 0.5) is 10.2 Å². The Morgan fingerprint density at radius 3 is 3.00 bits per heavy atom. The van der Waals surface area contributed by atoms with Gasteiger partial charge in [0.15, 0.2) is 0 Å². The van der Waals surface area contributed by atoms with Crippen LogP contribution < -0.4 is 10.6 Å². The summed E-state index contributed by atoms with van der Waals surface area (Å²) >= 11 is 0. The molecule has 76 valence electrons. The Hall–Kier alpha value is -1.72. The van der Waals surface area contributed by atoms with E-state index in [4.69, 9.17) is 0 Å². The summed E-state index contributed by atoms with van der Waals surface area (Å²) in [6, 6.07) is 1.12. The van der Waals surface area contributed by atoms with Gasteiger partial charge in [-0.25, -0.2) is 9.97 Å². The number of amides is 1. The van der Waals surface area contributed by atoms with E-state index < -0.39 is 5.95 Å². The number of aromatic nitrogens is 2. The minimum atomic E-state index is -0.626. The standard InChI is InChI=1S/C8H11FN4O/c1-2-10-8(14)4-11-7-3-6(9)12-5-13-7/h3,5H,2,4H2,1H3,(H,10,14)(H,11,12,13). The van der Waals surface area contributed by atoms with Crippen molar-refractivity contribution >= 4 is 11.7 Å². The average Bonchev–Trinajstić information content (AvgIpc) is 2.15. The molecular weight excluding hydrogens is 187 g/mol. The van der Waals surface area contributed by atoms with Crippen LogP contribution in [0.15, 0.2) is 12.4 Å². The highest BCUT2D eigenvalue weighted by Crippen LogP contribution is 2.00. The zero-order chi connectivity index (χ0) is 10.4. The lowest BCUT2D eigenvalue weighted by atomic mass is 10.5. The van der Waals surface area contributed by atoms with Crippen molar-refractivity contribution in [3.63, 3.8) is 0 Å². The summed E-state index contributed by atoms with van der Waals surface area (Å²) < 4.78 is 12.5. The number of carbonyl (C=O) groups is 1. The van der Waals surface area contributed by atoms with Gasteiger partial charge in [-0.2, -0.15) is 4.39 Å². The highest BCUT2D eigenvalue weighted by atomic mass is 19.1. The first-order valence-corrected chi connectivity index (χ1v) is 4.20. The molecule has 1 aromatic heterocycles. The third kappa shape index (κ3) is 3.34. The molecule has 1 aromatic rings. The first-order valence-electron chi connectivity index (χ1n) is 4.20. The second-order valence-electron chi connectivity index (χ2n) is 2.53. The highest BCUT2D eigenvalue weighted by molar-refractivity contribution is 5.80. The molecule has 6 heteroatoms. The van der Waals surface area contributed by atoms with Gasteiger partial charge in [0.25, 0.3) is 0 Å². The van der Waals surface area contributed by atoms with Crippen molar-refractivity contribution in [3.8, 4) is 0 Å². The number of halogens is 1. The van der Waals surface area contributed by atoms with E-state index in [1.807, 2.05) is 6.92 Å². The maximum atomic E-state index is 12.5. The van der Waals surface area contributed by atoms with Gasteiger partial charge in [-0.3, -0.25) is 4.79 Å². The van der Waals surface area contributed by atoms with Crippen molar-refractivity contribution in [1.82, 2.24) is 15.3 Å². The van der Waals surface area contributed by atoms with E-state index in [-0.39, 0.29) is 12.5 Å². The van der Waals surface area contributed by atoms with Crippen LogP contribution >= 0.6 is 0 Å². The number of nitrogens with one attached hydrogen (secondary N) is 2. The van der Waals surface area contributed by atoms with Gasteiger partial charge < -0.3 is 10.6 Å². The molecule has 0 unspecified atom stereocenters. The van der Waals surface area contributed by atoms with Crippen molar-refractivity contribution in [1.29, 1.82) is 0 Å². The van der Waals surface area contributed by atoms with E-state index in [1.54, 1.807) is 0 Å². The van der Waals surface area contributed by atoms with Gasteiger partial charge in [-0.15, -0.1) is 0 Å². The Bertz CT molecular complexity index is 318. The first kappa shape index (κ1) is 10.4. The summed E-state index contributed by atoms with van der Waals surface area (Å²) in [6.07, 6.45) is 1.09. The maximum Gasteiger partial charge on any atom is 0.239 e. The zero-order valence-corrected chi connectivity index (χ0v) is 7.75. The number of hydrogen-bond donors (Lipinski definition) is 2. The summed E-state index contributed by atoms with van der Waals surface area (Å²) in [5, 5.41) is 5.26. The van der Waals surface area contributed by atoms with Crippen LogP contribution in [0.3, 0.4) is 0 Å². The zero-order valence-electron chi connectivity index (χ0n) is 7.75. The number of hydrogen-bond acceptors (Lipinski definition) is 4. The predicted octanol–water partition coefficient (Wildman–Crippen LogP) is 0.164. The van der Waals surface area contributed by atoms with Crippen LogP contribution in [0.5, 0.6) is 0 Å². The SMILES string of the molecule is CCNC(=O)CNc1cc(F)ncn1. The lowest BCUT2D eigenvalue weighted by Crippen LogP contribution is -2.29. The lowest BCUT2D eigenvalue weighted by molar-refractivity contribution is -0.119. The molecule has 0 bridgehead atoms. The number of carbonyl (C=O) groups excluding carboxylic acids is 1. The quantitative estimate of drug-likeness (QED) is 0.676. The molecule has 5 nitrogen and oxygen atoms in total. The normalized spacial score (nSPS) is 9.57. The van der Waals surface area contributed by atoms with Crippen LogP contribution in [0.25, 0.3) is 0 Å². The highest BCUT2D eigenvalue weighted by Gasteiger charge is 2.00. The molecule has 0 atom stereocenters. The predicted molar refractivity (Wildman–Crippen MR) is 49.2 cm³/mol. The summed E-state index contributed by atoms with van der Waals surface area (Å²) in [4.78, 5) is 18.0. The molecule has 0 aliphatic carbocycles. The molecule has 2 N–H and O–H groups in total. The molecule has 0 aliphatic rings. The van der Waals surface area contributed by atoms with Crippen LogP contribution in [-0.2, 0) is 4.79 Å². The van der Waals surface area contributed by atoms with Crippen molar-refractivity contribution in [3.05, 3.63) is 18.3 Å². The fourth-order valence-electron chi connectivity index (χ4n) is 0.861. The minimum Gasteiger partial charge on any atom is -0.361 e. The van der Waals surface area contributed by atoms with E-state index in [9.17, 15) is 9.18 Å². The largest absolute Gasteiger partial charge is 0.361 e. The third-order valence-corrected chi connectivity index (χ3v) is 1.44. The number of rotatable bonds is 4. The molecule has 1 heterocycles. The summed E-state index contributed by atoms with van der Waals surface area (Å²) in [7, 11) is 0. The lowest BCUT2D eigenvalue weighted by Gasteiger charge is -2.04. The van der Waals surface area contributed by atoms with Crippen molar-refractivity contribution in [2.75, 3.05) is 18.4 Å². The van der Waals surface area contributed by atoms with E-state index in [0.29, 0.717) is 12.4 Å². The van der Waals surface area contributed by atoms with Gasteiger partial charge >= 0.3 is 0 Å². The number of likely N-dealkylation sites (N-methyl/N-ethyl adjacent to an activating group) is 1. The molecule has 0 aliphatic heterocycles. The topological polar surface area (TPSA) is 66.9 Å². The molecule has 0 saturated heterocycles. The molecule has 0 aromatic carbocycles. The molecule has 14 heavy (non-hydrogen) atoms. The van der Waals surface area contributed by atoms with Crippen LogP contribution in [-0.4, -0.2) is 29.0 Å². The van der Waals surface area contributed by atoms with Crippen LogP contribution in [0.2, 0.25) is 0 Å². The van der Waals surface area contributed by atoms with E-state index in [1.165, 1.54) is 0 Å². The van der Waals surface area contributed by atoms with Gasteiger partial charge in [0, 0.05) is 12.6 Å². The second-order valence-corrected chi connectivity index (χ2v) is 2.53. The smallest absolute Gasteiger partial charge is 0.239 e.